The number of nitrogens with one attached hydrogen (secondary N) is 1. The monoisotopic (exact) mass is 257 g/mol. The van der Waals surface area contributed by atoms with Gasteiger partial charge in [0.25, 0.3) is 0 Å². The van der Waals surface area contributed by atoms with E-state index >= 15 is 0 Å². The van der Waals surface area contributed by atoms with Crippen molar-refractivity contribution in [2.24, 2.45) is 5.92 Å². The SMILES string of the molecule is COCCn1ncc(Cl)c1CC1CCCNC1. The molecule has 17 heavy (non-hydrogen) atoms. The van der Waals surface area contributed by atoms with E-state index in [4.69, 9.17) is 16.3 Å². The van der Waals surface area contributed by atoms with Gasteiger partial charge in [0.1, 0.15) is 0 Å². The molecule has 1 aromatic heterocycles. The molecular weight excluding hydrogens is 238 g/mol. The van der Waals surface area contributed by atoms with Gasteiger partial charge in [0.05, 0.1) is 30.1 Å². The summed E-state index contributed by atoms with van der Waals surface area (Å²) in [6.07, 6.45) is 5.28. The lowest BCUT2D eigenvalue weighted by atomic mass is 9.95. The molecule has 1 atom stereocenters. The molecule has 0 spiro atoms. The molecule has 0 aromatic carbocycles. The number of halogens is 1. The minimum absolute atomic E-state index is 0.675. The van der Waals surface area contributed by atoms with Crippen LogP contribution in [0.2, 0.25) is 5.02 Å². The molecule has 5 heteroatoms. The van der Waals surface area contributed by atoms with Gasteiger partial charge in [-0.05, 0) is 38.3 Å². The first-order valence-electron chi connectivity index (χ1n) is 6.21. The molecule has 0 amide bonds. The Balaban J connectivity index is 1.99. The zero-order valence-corrected chi connectivity index (χ0v) is 11.0. The Kier molecular flexibility index (Phi) is 4.83. The average molecular weight is 258 g/mol. The van der Waals surface area contributed by atoms with Crippen LogP contribution in [0.5, 0.6) is 0 Å². The van der Waals surface area contributed by atoms with E-state index in [-0.39, 0.29) is 0 Å². The Bertz CT molecular complexity index is 348. The van der Waals surface area contributed by atoms with Crippen molar-refractivity contribution in [3.63, 3.8) is 0 Å². The van der Waals surface area contributed by atoms with E-state index in [0.29, 0.717) is 12.5 Å². The number of hydrogen-bond acceptors (Lipinski definition) is 3. The van der Waals surface area contributed by atoms with Crippen LogP contribution < -0.4 is 5.32 Å². The number of hydrogen-bond donors (Lipinski definition) is 1. The molecule has 96 valence electrons. The van der Waals surface area contributed by atoms with Crippen LogP contribution in [-0.4, -0.2) is 36.6 Å². The second-order valence-electron chi connectivity index (χ2n) is 4.57. The van der Waals surface area contributed by atoms with Crippen molar-refractivity contribution < 1.29 is 4.74 Å². The highest BCUT2D eigenvalue weighted by atomic mass is 35.5. The molecular formula is C12H20ClN3O. The summed E-state index contributed by atoms with van der Waals surface area (Å²) in [5.74, 6) is 0.680. The van der Waals surface area contributed by atoms with Crippen LogP contribution >= 0.6 is 11.6 Å². The van der Waals surface area contributed by atoms with Crippen molar-refractivity contribution in [3.05, 3.63) is 16.9 Å². The van der Waals surface area contributed by atoms with Crippen LogP contribution in [0.25, 0.3) is 0 Å². The van der Waals surface area contributed by atoms with Crippen LogP contribution in [0.15, 0.2) is 6.20 Å². The third-order valence-electron chi connectivity index (χ3n) is 3.29. The number of ether oxygens (including phenoxy) is 1. The van der Waals surface area contributed by atoms with Gasteiger partial charge in [-0.25, -0.2) is 0 Å². The summed E-state index contributed by atoms with van der Waals surface area (Å²) in [5.41, 5.74) is 1.15. The van der Waals surface area contributed by atoms with Gasteiger partial charge in [0.15, 0.2) is 0 Å². The molecule has 0 aliphatic carbocycles. The van der Waals surface area contributed by atoms with Crippen molar-refractivity contribution in [2.75, 3.05) is 26.8 Å². The quantitative estimate of drug-likeness (QED) is 0.873. The van der Waals surface area contributed by atoms with Gasteiger partial charge in [0.2, 0.25) is 0 Å². The number of methoxy groups -OCH3 is 1. The lowest BCUT2D eigenvalue weighted by Gasteiger charge is -2.23. The highest BCUT2D eigenvalue weighted by Gasteiger charge is 2.18. The summed E-state index contributed by atoms with van der Waals surface area (Å²) in [6, 6.07) is 0. The molecule has 0 radical (unpaired) electrons. The summed E-state index contributed by atoms with van der Waals surface area (Å²) < 4.78 is 7.06. The zero-order chi connectivity index (χ0) is 12.1. The molecule has 2 rings (SSSR count). The van der Waals surface area contributed by atoms with Crippen LogP contribution in [-0.2, 0) is 17.7 Å². The van der Waals surface area contributed by atoms with E-state index in [9.17, 15) is 0 Å². The molecule has 4 nitrogen and oxygen atoms in total. The highest BCUT2D eigenvalue weighted by molar-refractivity contribution is 6.31. The standard InChI is InChI=1S/C12H20ClN3O/c1-17-6-5-16-12(11(13)9-15-16)7-10-3-2-4-14-8-10/h9-10,14H,2-8H2,1H3. The maximum Gasteiger partial charge on any atom is 0.0817 e. The van der Waals surface area contributed by atoms with E-state index in [1.54, 1.807) is 13.3 Å². The van der Waals surface area contributed by atoms with Crippen molar-refractivity contribution >= 4 is 11.6 Å². The minimum Gasteiger partial charge on any atom is -0.383 e. The van der Waals surface area contributed by atoms with Gasteiger partial charge in [0, 0.05) is 7.11 Å². The third kappa shape index (κ3) is 3.44. The minimum atomic E-state index is 0.675. The Morgan fingerprint density at radius 1 is 1.65 bits per heavy atom. The third-order valence-corrected chi connectivity index (χ3v) is 3.60. The first kappa shape index (κ1) is 12.9. The normalized spacial score (nSPS) is 20.7. The largest absolute Gasteiger partial charge is 0.383 e. The molecule has 0 bridgehead atoms. The molecule has 1 N–H and O–H groups in total. The molecule has 1 fully saturated rings. The second-order valence-corrected chi connectivity index (χ2v) is 4.98. The van der Waals surface area contributed by atoms with E-state index in [1.165, 1.54) is 12.8 Å². The van der Waals surface area contributed by atoms with Gasteiger partial charge in [-0.3, -0.25) is 4.68 Å². The van der Waals surface area contributed by atoms with E-state index < -0.39 is 0 Å². The van der Waals surface area contributed by atoms with Crippen LogP contribution in [0.3, 0.4) is 0 Å². The number of rotatable bonds is 5. The zero-order valence-electron chi connectivity index (χ0n) is 10.3. The van der Waals surface area contributed by atoms with Crippen molar-refractivity contribution in [3.8, 4) is 0 Å². The summed E-state index contributed by atoms with van der Waals surface area (Å²) in [5, 5.41) is 8.52. The van der Waals surface area contributed by atoms with Gasteiger partial charge in [-0.1, -0.05) is 11.6 Å². The summed E-state index contributed by atoms with van der Waals surface area (Å²) >= 11 is 6.20. The Morgan fingerprint density at radius 2 is 2.53 bits per heavy atom. The lowest BCUT2D eigenvalue weighted by Crippen LogP contribution is -2.31. The molecule has 1 aliphatic rings. The van der Waals surface area contributed by atoms with E-state index in [2.05, 4.69) is 10.4 Å². The Labute approximate surface area is 107 Å². The predicted molar refractivity (Wildman–Crippen MR) is 68.4 cm³/mol. The fourth-order valence-corrected chi connectivity index (χ4v) is 2.55. The molecule has 2 heterocycles. The molecule has 1 aliphatic heterocycles. The van der Waals surface area contributed by atoms with Crippen LogP contribution in [0.4, 0.5) is 0 Å². The smallest absolute Gasteiger partial charge is 0.0817 e. The van der Waals surface area contributed by atoms with Gasteiger partial charge < -0.3 is 10.1 Å². The van der Waals surface area contributed by atoms with E-state index in [1.807, 2.05) is 4.68 Å². The van der Waals surface area contributed by atoms with Crippen LogP contribution in [0.1, 0.15) is 18.5 Å². The highest BCUT2D eigenvalue weighted by Crippen LogP contribution is 2.22. The summed E-state index contributed by atoms with van der Waals surface area (Å²) in [6.45, 7) is 3.69. The number of aromatic nitrogens is 2. The first-order valence-corrected chi connectivity index (χ1v) is 6.59. The molecule has 1 unspecified atom stereocenters. The number of piperidine rings is 1. The summed E-state index contributed by atoms with van der Waals surface area (Å²) in [4.78, 5) is 0. The van der Waals surface area contributed by atoms with E-state index in [0.717, 1.165) is 36.8 Å². The molecule has 1 saturated heterocycles. The van der Waals surface area contributed by atoms with Gasteiger partial charge >= 0.3 is 0 Å². The van der Waals surface area contributed by atoms with Crippen molar-refractivity contribution in [1.82, 2.24) is 15.1 Å². The maximum absolute atomic E-state index is 6.20. The lowest BCUT2D eigenvalue weighted by molar-refractivity contribution is 0.182. The molecule has 1 aromatic rings. The topological polar surface area (TPSA) is 39.1 Å². The van der Waals surface area contributed by atoms with Crippen LogP contribution in [0, 0.1) is 5.92 Å². The van der Waals surface area contributed by atoms with Crippen molar-refractivity contribution in [2.45, 2.75) is 25.8 Å². The predicted octanol–water partition coefficient (Wildman–Crippen LogP) is 1.72. The Morgan fingerprint density at radius 3 is 3.24 bits per heavy atom. The molecule has 0 saturated carbocycles. The fraction of sp³-hybridized carbons (Fsp3) is 0.750. The Hall–Kier alpha value is -0.580. The van der Waals surface area contributed by atoms with Gasteiger partial charge in [-0.15, -0.1) is 0 Å². The van der Waals surface area contributed by atoms with Gasteiger partial charge in [-0.2, -0.15) is 5.10 Å². The summed E-state index contributed by atoms with van der Waals surface area (Å²) in [7, 11) is 1.70. The van der Waals surface area contributed by atoms with Crippen molar-refractivity contribution in [1.29, 1.82) is 0 Å². The first-order chi connectivity index (χ1) is 8.31. The second kappa shape index (κ2) is 6.38. The number of nitrogens with zero attached hydrogens (tertiary/aromatic N) is 2. The average Bonchev–Trinajstić information content (AvgIpc) is 2.70. The fourth-order valence-electron chi connectivity index (χ4n) is 2.33. The maximum atomic E-state index is 6.20.